The Hall–Kier alpha value is -2.32. The zero-order valence-electron chi connectivity index (χ0n) is 15.1. The number of aromatic carboxylic acids is 1. The van der Waals surface area contributed by atoms with E-state index in [2.05, 4.69) is 9.97 Å². The lowest BCUT2D eigenvalue weighted by atomic mass is 9.78. The van der Waals surface area contributed by atoms with Crippen molar-refractivity contribution in [3.63, 3.8) is 0 Å². The molecule has 1 aromatic heterocycles. The summed E-state index contributed by atoms with van der Waals surface area (Å²) in [7, 11) is -3.68. The lowest BCUT2D eigenvalue weighted by molar-refractivity contribution is 0.0696. The molecule has 1 fully saturated rings. The van der Waals surface area contributed by atoms with E-state index < -0.39 is 16.0 Å². The number of hydrogen-bond donors (Lipinski definition) is 1. The van der Waals surface area contributed by atoms with Crippen LogP contribution in [0.5, 0.6) is 0 Å². The molecule has 0 saturated carbocycles. The molecule has 142 valence electrons. The molecule has 7 nitrogen and oxygen atoms in total. The van der Waals surface area contributed by atoms with Gasteiger partial charge in [-0.3, -0.25) is 0 Å². The molecule has 8 heteroatoms. The third-order valence-electron chi connectivity index (χ3n) is 5.64. The molecular formula is C19H21N3O4S. The van der Waals surface area contributed by atoms with Gasteiger partial charge in [-0.15, -0.1) is 0 Å². The summed E-state index contributed by atoms with van der Waals surface area (Å²) >= 11 is 0. The number of carboxylic acids is 1. The quantitative estimate of drug-likeness (QED) is 0.866. The van der Waals surface area contributed by atoms with Crippen LogP contribution in [0.2, 0.25) is 0 Å². The van der Waals surface area contributed by atoms with E-state index in [4.69, 9.17) is 5.11 Å². The van der Waals surface area contributed by atoms with Crippen molar-refractivity contribution in [2.45, 2.75) is 42.9 Å². The molecule has 1 aliphatic carbocycles. The maximum atomic E-state index is 13.1. The highest BCUT2D eigenvalue weighted by atomic mass is 32.2. The zero-order chi connectivity index (χ0) is 19.2. The first kappa shape index (κ1) is 18.1. The Labute approximate surface area is 158 Å². The fraction of sp³-hybridized carbons (Fsp3) is 0.421. The molecule has 2 aliphatic rings. The van der Waals surface area contributed by atoms with Gasteiger partial charge in [0.05, 0.1) is 16.2 Å². The summed E-state index contributed by atoms with van der Waals surface area (Å²) in [5.41, 5.74) is 1.93. The smallest absolute Gasteiger partial charge is 0.335 e. The zero-order valence-corrected chi connectivity index (χ0v) is 15.9. The van der Waals surface area contributed by atoms with E-state index >= 15 is 0 Å². The van der Waals surface area contributed by atoms with E-state index in [0.29, 0.717) is 18.9 Å². The summed E-state index contributed by atoms with van der Waals surface area (Å²) in [6.45, 7) is 2.72. The van der Waals surface area contributed by atoms with Crippen molar-refractivity contribution in [1.82, 2.24) is 14.3 Å². The Morgan fingerprint density at radius 2 is 1.96 bits per heavy atom. The summed E-state index contributed by atoms with van der Waals surface area (Å²) in [5, 5.41) is 9.01. The molecule has 1 N–H and O–H groups in total. The minimum Gasteiger partial charge on any atom is -0.478 e. The fourth-order valence-electron chi connectivity index (χ4n) is 4.24. The Morgan fingerprint density at radius 3 is 2.67 bits per heavy atom. The third-order valence-corrected chi connectivity index (χ3v) is 7.50. The van der Waals surface area contributed by atoms with Crippen LogP contribution in [0.15, 0.2) is 35.4 Å². The summed E-state index contributed by atoms with van der Waals surface area (Å²) in [6.07, 6.45) is 5.31. The molecule has 0 amide bonds. The molecule has 2 aromatic rings. The molecule has 1 spiro atoms. The number of carbonyl (C=O) groups is 1. The first-order valence-electron chi connectivity index (χ1n) is 8.98. The number of hydrogen-bond acceptors (Lipinski definition) is 5. The molecule has 1 unspecified atom stereocenters. The van der Waals surface area contributed by atoms with Crippen molar-refractivity contribution in [2.24, 2.45) is 0 Å². The van der Waals surface area contributed by atoms with Crippen LogP contribution in [-0.2, 0) is 21.9 Å². The van der Waals surface area contributed by atoms with Crippen LogP contribution < -0.4 is 0 Å². The molecule has 0 bridgehead atoms. The monoisotopic (exact) mass is 387 g/mol. The standard InChI is InChI=1S/C19H21N3O4S/c1-13-20-11-15-7-9-19(17(15)21-13)8-2-10-22(12-19)27(25,26)16-5-3-14(4-6-16)18(23)24/h3-6,11H,2,7-10,12H2,1H3,(H,23,24). The second-order valence-electron chi connectivity index (χ2n) is 7.34. The third kappa shape index (κ3) is 3.02. The number of sulfonamides is 1. The van der Waals surface area contributed by atoms with Crippen molar-refractivity contribution in [3.8, 4) is 0 Å². The normalized spacial score (nSPS) is 22.7. The van der Waals surface area contributed by atoms with Crippen LogP contribution in [0.25, 0.3) is 0 Å². The van der Waals surface area contributed by atoms with Gasteiger partial charge in [-0.2, -0.15) is 4.31 Å². The van der Waals surface area contributed by atoms with Gasteiger partial charge in [0.15, 0.2) is 0 Å². The van der Waals surface area contributed by atoms with E-state index in [-0.39, 0.29) is 15.9 Å². The number of aryl methyl sites for hydroxylation is 2. The second-order valence-corrected chi connectivity index (χ2v) is 9.28. The predicted molar refractivity (Wildman–Crippen MR) is 98.2 cm³/mol. The Morgan fingerprint density at radius 1 is 1.22 bits per heavy atom. The molecule has 4 rings (SSSR count). The summed E-state index contributed by atoms with van der Waals surface area (Å²) in [6, 6.07) is 5.40. The maximum absolute atomic E-state index is 13.1. The SMILES string of the molecule is Cc1ncc2c(n1)C1(CCCN(S(=O)(=O)c3ccc(C(=O)O)cc3)C1)CC2. The number of carboxylic acid groups (broad SMARTS) is 1. The van der Waals surface area contributed by atoms with Gasteiger partial charge in [-0.05, 0) is 62.4 Å². The molecule has 0 radical (unpaired) electrons. The number of piperidine rings is 1. The lowest BCUT2D eigenvalue weighted by Gasteiger charge is -2.39. The highest BCUT2D eigenvalue weighted by Gasteiger charge is 2.46. The number of fused-ring (bicyclic) bond motifs is 2. The van der Waals surface area contributed by atoms with Crippen LogP contribution in [0.1, 0.15) is 46.7 Å². The maximum Gasteiger partial charge on any atom is 0.335 e. The van der Waals surface area contributed by atoms with E-state index in [9.17, 15) is 13.2 Å². The Bertz CT molecular complexity index is 1000. The topological polar surface area (TPSA) is 100 Å². The molecule has 2 heterocycles. The average Bonchev–Trinajstić information content (AvgIpc) is 2.99. The number of benzene rings is 1. The van der Waals surface area contributed by atoms with Crippen LogP contribution in [-0.4, -0.2) is 46.9 Å². The van der Waals surface area contributed by atoms with Gasteiger partial charge in [-0.25, -0.2) is 23.2 Å². The highest BCUT2D eigenvalue weighted by molar-refractivity contribution is 7.89. The number of rotatable bonds is 3. The van der Waals surface area contributed by atoms with Crippen molar-refractivity contribution in [2.75, 3.05) is 13.1 Å². The van der Waals surface area contributed by atoms with Crippen molar-refractivity contribution in [3.05, 3.63) is 53.1 Å². The molecule has 1 saturated heterocycles. The first-order chi connectivity index (χ1) is 12.8. The van der Waals surface area contributed by atoms with Crippen molar-refractivity contribution in [1.29, 1.82) is 0 Å². The van der Waals surface area contributed by atoms with Gasteiger partial charge in [0.1, 0.15) is 5.82 Å². The summed E-state index contributed by atoms with van der Waals surface area (Å²) in [5.74, 6) is -0.368. The van der Waals surface area contributed by atoms with E-state index in [1.165, 1.54) is 28.6 Å². The lowest BCUT2D eigenvalue weighted by Crippen LogP contribution is -2.47. The second kappa shape index (κ2) is 6.38. The Balaban J connectivity index is 1.66. The van der Waals surface area contributed by atoms with Gasteiger partial charge in [0.2, 0.25) is 10.0 Å². The van der Waals surface area contributed by atoms with Crippen molar-refractivity contribution < 1.29 is 18.3 Å². The van der Waals surface area contributed by atoms with Crippen LogP contribution >= 0.6 is 0 Å². The highest BCUT2D eigenvalue weighted by Crippen LogP contribution is 2.44. The van der Waals surface area contributed by atoms with Gasteiger partial charge < -0.3 is 5.11 Å². The van der Waals surface area contributed by atoms with Crippen LogP contribution in [0, 0.1) is 6.92 Å². The molecule has 1 aromatic carbocycles. The average molecular weight is 387 g/mol. The fourth-order valence-corrected chi connectivity index (χ4v) is 5.80. The summed E-state index contributed by atoms with van der Waals surface area (Å²) < 4.78 is 27.8. The molecule has 27 heavy (non-hydrogen) atoms. The van der Waals surface area contributed by atoms with E-state index in [0.717, 1.165) is 36.9 Å². The molecule has 1 atom stereocenters. The largest absolute Gasteiger partial charge is 0.478 e. The van der Waals surface area contributed by atoms with E-state index in [1.54, 1.807) is 0 Å². The summed E-state index contributed by atoms with van der Waals surface area (Å²) in [4.78, 5) is 20.1. The van der Waals surface area contributed by atoms with Gasteiger partial charge >= 0.3 is 5.97 Å². The minimum atomic E-state index is -3.68. The number of nitrogens with zero attached hydrogens (tertiary/aromatic N) is 3. The van der Waals surface area contributed by atoms with Crippen molar-refractivity contribution >= 4 is 16.0 Å². The first-order valence-corrected chi connectivity index (χ1v) is 10.4. The van der Waals surface area contributed by atoms with Gasteiger partial charge in [-0.1, -0.05) is 0 Å². The van der Waals surface area contributed by atoms with Crippen LogP contribution in [0.4, 0.5) is 0 Å². The minimum absolute atomic E-state index is 0.0703. The van der Waals surface area contributed by atoms with Crippen LogP contribution in [0.3, 0.4) is 0 Å². The van der Waals surface area contributed by atoms with Gasteiger partial charge in [0.25, 0.3) is 0 Å². The number of aromatic nitrogens is 2. The van der Waals surface area contributed by atoms with Gasteiger partial charge in [0, 0.05) is 24.7 Å². The van der Waals surface area contributed by atoms with E-state index in [1.807, 2.05) is 13.1 Å². The predicted octanol–water partition coefficient (Wildman–Crippen LogP) is 2.15. The molecular weight excluding hydrogens is 366 g/mol. The molecule has 1 aliphatic heterocycles. The Kier molecular flexibility index (Phi) is 4.27.